The van der Waals surface area contributed by atoms with Gasteiger partial charge in [-0.25, -0.2) is 4.98 Å². The zero-order chi connectivity index (χ0) is 13.2. The van der Waals surface area contributed by atoms with E-state index in [2.05, 4.69) is 27.8 Å². The Morgan fingerprint density at radius 3 is 2.81 bits per heavy atom. The maximum absolute atomic E-state index is 11.9. The number of carbonyl (C=O) groups is 1. The van der Waals surface area contributed by atoms with Crippen molar-refractivity contribution >= 4 is 30.7 Å². The van der Waals surface area contributed by atoms with Gasteiger partial charge in [0.1, 0.15) is 0 Å². The van der Waals surface area contributed by atoms with Crippen molar-refractivity contribution < 1.29 is 9.21 Å². The number of nitrogens with zero attached hydrogens (tertiary/aromatic N) is 1. The molecule has 1 amide bonds. The molecule has 0 spiro atoms. The van der Waals surface area contributed by atoms with E-state index in [1.807, 2.05) is 6.07 Å². The number of nitrogens with one attached hydrogen (secondary N) is 2. The smallest absolute Gasteiger partial charge is 0.289 e. The standard InChI is InChI=1S/C14H15N3O2.2ClH/c1-9-13(19-8-17-9)14(18)16-5-10-2-3-11-6-15-7-12(11)4-10;;/h2-4,8,15H,5-7H2,1H3,(H,16,18);2*1H. The number of rotatable bonds is 3. The molecule has 0 radical (unpaired) electrons. The van der Waals surface area contributed by atoms with Crippen molar-refractivity contribution in [2.75, 3.05) is 0 Å². The lowest BCUT2D eigenvalue weighted by molar-refractivity contribution is 0.0922. The molecule has 1 aliphatic rings. The number of aryl methyl sites for hydroxylation is 1. The summed E-state index contributed by atoms with van der Waals surface area (Å²) in [7, 11) is 0. The zero-order valence-electron chi connectivity index (χ0n) is 11.5. The molecule has 0 atom stereocenters. The Bertz CT molecular complexity index is 628. The minimum atomic E-state index is -0.228. The minimum absolute atomic E-state index is 0. The molecule has 0 unspecified atom stereocenters. The highest BCUT2D eigenvalue weighted by Gasteiger charge is 2.14. The van der Waals surface area contributed by atoms with Crippen molar-refractivity contribution in [2.24, 2.45) is 0 Å². The lowest BCUT2D eigenvalue weighted by Gasteiger charge is -2.06. The van der Waals surface area contributed by atoms with E-state index in [0.29, 0.717) is 12.2 Å². The van der Waals surface area contributed by atoms with Crippen molar-refractivity contribution in [3.8, 4) is 0 Å². The van der Waals surface area contributed by atoms with Gasteiger partial charge in [-0.2, -0.15) is 0 Å². The Hall–Kier alpha value is -1.56. The summed E-state index contributed by atoms with van der Waals surface area (Å²) in [5, 5.41) is 6.14. The third-order valence-electron chi connectivity index (χ3n) is 3.31. The number of fused-ring (bicyclic) bond motifs is 1. The summed E-state index contributed by atoms with van der Waals surface area (Å²) < 4.78 is 5.06. The number of halogens is 2. The maximum atomic E-state index is 11.9. The van der Waals surface area contributed by atoms with E-state index < -0.39 is 0 Å². The second kappa shape index (κ2) is 7.45. The van der Waals surface area contributed by atoms with Gasteiger partial charge in [0.15, 0.2) is 6.39 Å². The first-order valence-corrected chi connectivity index (χ1v) is 6.24. The van der Waals surface area contributed by atoms with E-state index in [-0.39, 0.29) is 36.5 Å². The average Bonchev–Trinajstić information content (AvgIpc) is 3.03. The molecule has 2 heterocycles. The normalized spacial score (nSPS) is 12.0. The van der Waals surface area contributed by atoms with E-state index in [1.165, 1.54) is 17.5 Å². The molecule has 0 aliphatic carbocycles. The second-order valence-corrected chi connectivity index (χ2v) is 4.66. The first kappa shape index (κ1) is 17.5. The third kappa shape index (κ3) is 3.75. The fourth-order valence-corrected chi connectivity index (χ4v) is 2.24. The van der Waals surface area contributed by atoms with Crippen LogP contribution >= 0.6 is 24.8 Å². The SMILES string of the molecule is Cc1ncoc1C(=O)NCc1ccc2c(c1)CNC2.Cl.Cl. The monoisotopic (exact) mass is 329 g/mol. The minimum Gasteiger partial charge on any atom is -0.438 e. The Morgan fingerprint density at radius 2 is 2.10 bits per heavy atom. The van der Waals surface area contributed by atoms with Crippen LogP contribution in [0.1, 0.15) is 32.9 Å². The number of carbonyl (C=O) groups excluding carboxylic acids is 1. The fourth-order valence-electron chi connectivity index (χ4n) is 2.24. The van der Waals surface area contributed by atoms with Crippen LogP contribution in [0.5, 0.6) is 0 Å². The largest absolute Gasteiger partial charge is 0.438 e. The van der Waals surface area contributed by atoms with Crippen LogP contribution in [0.3, 0.4) is 0 Å². The van der Waals surface area contributed by atoms with E-state index in [0.717, 1.165) is 18.7 Å². The molecule has 0 saturated heterocycles. The highest BCUT2D eigenvalue weighted by atomic mass is 35.5. The van der Waals surface area contributed by atoms with Gasteiger partial charge < -0.3 is 15.1 Å². The molecule has 114 valence electrons. The zero-order valence-corrected chi connectivity index (χ0v) is 13.1. The molecule has 1 aromatic heterocycles. The van der Waals surface area contributed by atoms with E-state index >= 15 is 0 Å². The Balaban J connectivity index is 0.00000110. The molecular weight excluding hydrogens is 313 g/mol. The summed E-state index contributed by atoms with van der Waals surface area (Å²) in [5.41, 5.74) is 4.34. The van der Waals surface area contributed by atoms with E-state index in [4.69, 9.17) is 4.42 Å². The summed E-state index contributed by atoms with van der Waals surface area (Å²) in [6, 6.07) is 6.28. The summed E-state index contributed by atoms with van der Waals surface area (Å²) in [5.74, 6) is 0.0523. The molecule has 0 saturated carbocycles. The molecule has 21 heavy (non-hydrogen) atoms. The third-order valence-corrected chi connectivity index (χ3v) is 3.31. The predicted molar refractivity (Wildman–Crippen MR) is 83.9 cm³/mol. The molecule has 3 rings (SSSR count). The molecule has 1 aromatic carbocycles. The second-order valence-electron chi connectivity index (χ2n) is 4.66. The van der Waals surface area contributed by atoms with Crippen LogP contribution in [0.4, 0.5) is 0 Å². The quantitative estimate of drug-likeness (QED) is 0.907. The van der Waals surface area contributed by atoms with Crippen LogP contribution < -0.4 is 10.6 Å². The lowest BCUT2D eigenvalue weighted by Crippen LogP contribution is -2.23. The fraction of sp³-hybridized carbons (Fsp3) is 0.286. The van der Waals surface area contributed by atoms with Gasteiger partial charge in [0.2, 0.25) is 5.76 Å². The number of hydrogen-bond acceptors (Lipinski definition) is 4. The van der Waals surface area contributed by atoms with Crippen molar-refractivity contribution in [1.29, 1.82) is 0 Å². The number of aromatic nitrogens is 1. The Labute approximate surface area is 135 Å². The van der Waals surface area contributed by atoms with Crippen molar-refractivity contribution in [1.82, 2.24) is 15.6 Å². The van der Waals surface area contributed by atoms with Crippen LogP contribution in [0.15, 0.2) is 29.0 Å². The molecule has 7 heteroatoms. The van der Waals surface area contributed by atoms with Crippen molar-refractivity contribution in [3.63, 3.8) is 0 Å². The van der Waals surface area contributed by atoms with Crippen LogP contribution in [0.2, 0.25) is 0 Å². The molecule has 0 fully saturated rings. The maximum Gasteiger partial charge on any atom is 0.289 e. The Kier molecular flexibility index (Phi) is 6.20. The first-order chi connectivity index (χ1) is 9.24. The van der Waals surface area contributed by atoms with Crippen molar-refractivity contribution in [2.45, 2.75) is 26.6 Å². The molecule has 5 nitrogen and oxygen atoms in total. The summed E-state index contributed by atoms with van der Waals surface area (Å²) in [4.78, 5) is 15.8. The molecule has 2 aromatic rings. The molecule has 2 N–H and O–H groups in total. The van der Waals surface area contributed by atoms with Gasteiger partial charge in [0.05, 0.1) is 5.69 Å². The summed E-state index contributed by atoms with van der Waals surface area (Å²) in [6.45, 7) is 4.07. The topological polar surface area (TPSA) is 67.2 Å². The highest BCUT2D eigenvalue weighted by Crippen LogP contribution is 2.17. The molecular formula is C14H17Cl2N3O2. The van der Waals surface area contributed by atoms with Crippen LogP contribution in [0.25, 0.3) is 0 Å². The molecule has 0 bridgehead atoms. The van der Waals surface area contributed by atoms with Gasteiger partial charge in [0, 0.05) is 19.6 Å². The average molecular weight is 330 g/mol. The van der Waals surface area contributed by atoms with Gasteiger partial charge in [-0.15, -0.1) is 24.8 Å². The Morgan fingerprint density at radius 1 is 1.33 bits per heavy atom. The van der Waals surface area contributed by atoms with E-state index in [1.54, 1.807) is 6.92 Å². The predicted octanol–water partition coefficient (Wildman–Crippen LogP) is 2.36. The summed E-state index contributed by atoms with van der Waals surface area (Å²) in [6.07, 6.45) is 1.28. The number of hydrogen-bond donors (Lipinski definition) is 2. The summed E-state index contributed by atoms with van der Waals surface area (Å²) >= 11 is 0. The van der Waals surface area contributed by atoms with Crippen LogP contribution in [-0.2, 0) is 19.6 Å². The highest BCUT2D eigenvalue weighted by molar-refractivity contribution is 5.92. The number of benzene rings is 1. The first-order valence-electron chi connectivity index (χ1n) is 6.24. The van der Waals surface area contributed by atoms with Gasteiger partial charge in [-0.05, 0) is 23.6 Å². The van der Waals surface area contributed by atoms with Gasteiger partial charge in [-0.3, -0.25) is 4.79 Å². The number of oxazole rings is 1. The van der Waals surface area contributed by atoms with Gasteiger partial charge in [0.25, 0.3) is 5.91 Å². The van der Waals surface area contributed by atoms with Crippen LogP contribution in [0, 0.1) is 6.92 Å². The van der Waals surface area contributed by atoms with Gasteiger partial charge >= 0.3 is 0 Å². The molecule has 1 aliphatic heterocycles. The van der Waals surface area contributed by atoms with Crippen LogP contribution in [-0.4, -0.2) is 10.9 Å². The number of amides is 1. The van der Waals surface area contributed by atoms with E-state index in [9.17, 15) is 4.79 Å². The lowest BCUT2D eigenvalue weighted by atomic mass is 10.1. The van der Waals surface area contributed by atoms with Gasteiger partial charge in [-0.1, -0.05) is 18.2 Å². The van der Waals surface area contributed by atoms with Crippen molar-refractivity contribution in [3.05, 3.63) is 52.7 Å².